The Labute approximate surface area is 107 Å². The second-order valence-electron chi connectivity index (χ2n) is 4.41. The average molecular weight is 247 g/mol. The van der Waals surface area contributed by atoms with Crippen LogP contribution in [-0.4, -0.2) is 29.9 Å². The van der Waals surface area contributed by atoms with Crippen LogP contribution in [0.1, 0.15) is 18.9 Å². The lowest BCUT2D eigenvalue weighted by Crippen LogP contribution is -2.26. The van der Waals surface area contributed by atoms with Gasteiger partial charge in [-0.1, -0.05) is 30.3 Å². The number of likely N-dealkylation sites (tertiary alicyclic amines) is 1. The first-order valence-electron chi connectivity index (χ1n) is 6.19. The van der Waals surface area contributed by atoms with E-state index in [0.717, 1.165) is 5.56 Å². The second-order valence-corrected chi connectivity index (χ2v) is 4.41. The van der Waals surface area contributed by atoms with Crippen molar-refractivity contribution in [2.45, 2.75) is 19.9 Å². The quantitative estimate of drug-likeness (QED) is 0.759. The van der Waals surface area contributed by atoms with Crippen molar-refractivity contribution in [1.82, 2.24) is 4.90 Å². The van der Waals surface area contributed by atoms with Crippen molar-refractivity contribution >= 4 is 11.9 Å². The number of amides is 1. The summed E-state index contributed by atoms with van der Waals surface area (Å²) in [7, 11) is 0. The third-order valence-corrected chi connectivity index (χ3v) is 3.05. The van der Waals surface area contributed by atoms with E-state index in [1.165, 1.54) is 0 Å². The molecule has 96 valence electrons. The fraction of sp³-hybridized carbons (Fsp3) is 0.429. The van der Waals surface area contributed by atoms with Gasteiger partial charge in [0.15, 0.2) is 0 Å². The van der Waals surface area contributed by atoms with Crippen molar-refractivity contribution in [3.05, 3.63) is 35.9 Å². The lowest BCUT2D eigenvalue weighted by molar-refractivity contribution is -0.147. The van der Waals surface area contributed by atoms with Crippen molar-refractivity contribution < 1.29 is 14.3 Å². The summed E-state index contributed by atoms with van der Waals surface area (Å²) in [6.07, 6.45) is 0.270. The maximum Gasteiger partial charge on any atom is 0.311 e. The third-order valence-electron chi connectivity index (χ3n) is 3.05. The van der Waals surface area contributed by atoms with Gasteiger partial charge in [0.25, 0.3) is 0 Å². The average Bonchev–Trinajstić information content (AvgIpc) is 2.73. The standard InChI is InChI=1S/C14H17NO3/c1-2-18-14(17)12-8-13(16)15(10-12)9-11-6-4-3-5-7-11/h3-7,12H,2,8-10H2,1H3/t12-/m0/s1. The molecule has 0 aromatic heterocycles. The fourth-order valence-corrected chi connectivity index (χ4v) is 2.15. The molecule has 18 heavy (non-hydrogen) atoms. The summed E-state index contributed by atoms with van der Waals surface area (Å²) in [4.78, 5) is 25.1. The van der Waals surface area contributed by atoms with Crippen LogP contribution in [0.3, 0.4) is 0 Å². The van der Waals surface area contributed by atoms with Gasteiger partial charge in [-0.05, 0) is 12.5 Å². The van der Waals surface area contributed by atoms with Crippen LogP contribution in [-0.2, 0) is 20.9 Å². The highest BCUT2D eigenvalue weighted by Crippen LogP contribution is 2.21. The van der Waals surface area contributed by atoms with Crippen molar-refractivity contribution in [3.8, 4) is 0 Å². The van der Waals surface area contributed by atoms with E-state index < -0.39 is 0 Å². The van der Waals surface area contributed by atoms with Crippen molar-refractivity contribution in [2.75, 3.05) is 13.2 Å². The van der Waals surface area contributed by atoms with E-state index in [2.05, 4.69) is 0 Å². The second kappa shape index (κ2) is 5.67. The van der Waals surface area contributed by atoms with Gasteiger partial charge in [-0.2, -0.15) is 0 Å². The van der Waals surface area contributed by atoms with Gasteiger partial charge in [-0.3, -0.25) is 9.59 Å². The number of hydrogen-bond acceptors (Lipinski definition) is 3. The van der Waals surface area contributed by atoms with E-state index in [1.807, 2.05) is 30.3 Å². The SMILES string of the molecule is CCOC(=O)[C@H]1CC(=O)N(Cc2ccccc2)C1. The molecule has 1 aromatic carbocycles. The molecule has 0 unspecified atom stereocenters. The Morgan fingerprint density at radius 3 is 2.78 bits per heavy atom. The number of hydrogen-bond donors (Lipinski definition) is 0. The number of ether oxygens (including phenoxy) is 1. The van der Waals surface area contributed by atoms with Gasteiger partial charge in [-0.25, -0.2) is 0 Å². The Morgan fingerprint density at radius 2 is 2.11 bits per heavy atom. The van der Waals surface area contributed by atoms with E-state index >= 15 is 0 Å². The number of benzene rings is 1. The molecule has 1 aliphatic rings. The minimum Gasteiger partial charge on any atom is -0.466 e. The largest absolute Gasteiger partial charge is 0.466 e. The van der Waals surface area contributed by atoms with E-state index in [-0.39, 0.29) is 24.2 Å². The van der Waals surface area contributed by atoms with Crippen LogP contribution >= 0.6 is 0 Å². The fourth-order valence-electron chi connectivity index (χ4n) is 2.15. The zero-order valence-electron chi connectivity index (χ0n) is 10.5. The lowest BCUT2D eigenvalue weighted by atomic mass is 10.1. The zero-order valence-corrected chi connectivity index (χ0v) is 10.5. The number of carbonyl (C=O) groups excluding carboxylic acids is 2. The first kappa shape index (κ1) is 12.6. The van der Waals surface area contributed by atoms with Gasteiger partial charge in [0.1, 0.15) is 0 Å². The monoisotopic (exact) mass is 247 g/mol. The summed E-state index contributed by atoms with van der Waals surface area (Å²) in [6.45, 7) is 3.17. The molecule has 0 spiro atoms. The third kappa shape index (κ3) is 2.88. The van der Waals surface area contributed by atoms with E-state index in [0.29, 0.717) is 19.7 Å². The van der Waals surface area contributed by atoms with E-state index in [1.54, 1.807) is 11.8 Å². The molecule has 1 aliphatic heterocycles. The van der Waals surface area contributed by atoms with Crippen LogP contribution in [0.4, 0.5) is 0 Å². The molecule has 0 radical (unpaired) electrons. The number of nitrogens with zero attached hydrogens (tertiary/aromatic N) is 1. The van der Waals surface area contributed by atoms with Crippen molar-refractivity contribution in [2.24, 2.45) is 5.92 Å². The maximum atomic E-state index is 11.8. The molecule has 1 atom stereocenters. The van der Waals surface area contributed by atoms with Crippen LogP contribution in [0, 0.1) is 5.92 Å². The van der Waals surface area contributed by atoms with Crippen LogP contribution < -0.4 is 0 Å². The normalized spacial score (nSPS) is 19.1. The summed E-state index contributed by atoms with van der Waals surface area (Å²) in [6, 6.07) is 9.78. The molecule has 1 saturated heterocycles. The van der Waals surface area contributed by atoms with Crippen molar-refractivity contribution in [1.29, 1.82) is 0 Å². The molecule has 4 nitrogen and oxygen atoms in total. The Bertz CT molecular complexity index is 430. The molecule has 1 amide bonds. The molecule has 4 heteroatoms. The Hall–Kier alpha value is -1.84. The van der Waals surface area contributed by atoms with Crippen LogP contribution in [0.5, 0.6) is 0 Å². The Kier molecular flexibility index (Phi) is 3.97. The zero-order chi connectivity index (χ0) is 13.0. The molecule has 2 rings (SSSR count). The molecular formula is C14H17NO3. The van der Waals surface area contributed by atoms with Crippen molar-refractivity contribution in [3.63, 3.8) is 0 Å². The first-order chi connectivity index (χ1) is 8.70. The summed E-state index contributed by atoms with van der Waals surface area (Å²) >= 11 is 0. The van der Waals surface area contributed by atoms with Crippen LogP contribution in [0.25, 0.3) is 0 Å². The maximum absolute atomic E-state index is 11.8. The summed E-state index contributed by atoms with van der Waals surface area (Å²) in [5, 5.41) is 0. The summed E-state index contributed by atoms with van der Waals surface area (Å²) in [5.74, 6) is -0.542. The molecule has 1 aromatic rings. The van der Waals surface area contributed by atoms with Gasteiger partial charge >= 0.3 is 5.97 Å². The predicted molar refractivity (Wildman–Crippen MR) is 66.6 cm³/mol. The smallest absolute Gasteiger partial charge is 0.311 e. The highest BCUT2D eigenvalue weighted by Gasteiger charge is 2.34. The molecule has 1 heterocycles. The number of carbonyl (C=O) groups is 2. The van der Waals surface area contributed by atoms with E-state index in [9.17, 15) is 9.59 Å². The lowest BCUT2D eigenvalue weighted by Gasteiger charge is -2.16. The molecule has 0 N–H and O–H groups in total. The predicted octanol–water partition coefficient (Wildman–Crippen LogP) is 1.60. The summed E-state index contributed by atoms with van der Waals surface area (Å²) < 4.78 is 4.95. The summed E-state index contributed by atoms with van der Waals surface area (Å²) in [5.41, 5.74) is 1.08. The molecular weight excluding hydrogens is 230 g/mol. The highest BCUT2D eigenvalue weighted by molar-refractivity contribution is 5.86. The topological polar surface area (TPSA) is 46.6 Å². The minimum absolute atomic E-state index is 0.0249. The number of rotatable bonds is 4. The Balaban J connectivity index is 1.95. The van der Waals surface area contributed by atoms with Gasteiger partial charge in [0.2, 0.25) is 5.91 Å². The van der Waals surface area contributed by atoms with Crippen LogP contribution in [0.2, 0.25) is 0 Å². The molecule has 0 aliphatic carbocycles. The van der Waals surface area contributed by atoms with Gasteiger partial charge < -0.3 is 9.64 Å². The molecule has 0 saturated carbocycles. The molecule has 0 bridgehead atoms. The first-order valence-corrected chi connectivity index (χ1v) is 6.19. The number of esters is 1. The van der Waals surface area contributed by atoms with Gasteiger partial charge in [0.05, 0.1) is 12.5 Å². The highest BCUT2D eigenvalue weighted by atomic mass is 16.5. The van der Waals surface area contributed by atoms with Gasteiger partial charge in [0, 0.05) is 19.5 Å². The van der Waals surface area contributed by atoms with E-state index in [4.69, 9.17) is 4.74 Å². The van der Waals surface area contributed by atoms with Crippen LogP contribution in [0.15, 0.2) is 30.3 Å². The molecule has 1 fully saturated rings. The van der Waals surface area contributed by atoms with Gasteiger partial charge in [-0.15, -0.1) is 0 Å². The minimum atomic E-state index is -0.304. The Morgan fingerprint density at radius 1 is 1.39 bits per heavy atom.